The topological polar surface area (TPSA) is 50.4 Å². The molecule has 0 aliphatic rings. The molecule has 0 aromatic carbocycles. The quantitative estimate of drug-likeness (QED) is 0.266. The van der Waals surface area contributed by atoms with E-state index in [1.807, 2.05) is 0 Å². The summed E-state index contributed by atoms with van der Waals surface area (Å²) < 4.78 is 4.54. The van der Waals surface area contributed by atoms with E-state index in [0.717, 1.165) is 5.70 Å². The summed E-state index contributed by atoms with van der Waals surface area (Å²) in [5.41, 5.74) is 0.767. The maximum absolute atomic E-state index is 11.0. The van der Waals surface area contributed by atoms with Crippen LogP contribution in [-0.2, 0) is 9.53 Å². The van der Waals surface area contributed by atoms with E-state index in [1.165, 1.54) is 13.2 Å². The molecule has 0 spiro atoms. The molecule has 0 rings (SSSR count). The van der Waals surface area contributed by atoms with Crippen molar-refractivity contribution in [3.05, 3.63) is 37.1 Å². The summed E-state index contributed by atoms with van der Waals surface area (Å²) >= 11 is 0. The summed E-state index contributed by atoms with van der Waals surface area (Å²) in [6, 6.07) is 0. The van der Waals surface area contributed by atoms with Crippen molar-refractivity contribution in [2.24, 2.45) is 0 Å². The van der Waals surface area contributed by atoms with Crippen molar-refractivity contribution in [2.45, 2.75) is 0 Å². The van der Waals surface area contributed by atoms with Gasteiger partial charge in [0.2, 0.25) is 0 Å². The van der Waals surface area contributed by atoms with Crippen molar-refractivity contribution < 1.29 is 9.53 Å². The minimum absolute atomic E-state index is 0.373. The van der Waals surface area contributed by atoms with Crippen LogP contribution in [0.2, 0.25) is 0 Å². The van der Waals surface area contributed by atoms with Gasteiger partial charge in [0, 0.05) is 31.4 Å². The highest BCUT2D eigenvalue weighted by atomic mass is 16.5. The minimum Gasteiger partial charge on any atom is -0.466 e. The average molecular weight is 210 g/mol. The highest BCUT2D eigenvalue weighted by Crippen LogP contribution is 1.89. The molecule has 0 aliphatic carbocycles. The Morgan fingerprint density at radius 2 is 2.00 bits per heavy atom. The molecule has 0 aromatic heterocycles. The first kappa shape index (κ1) is 13.4. The van der Waals surface area contributed by atoms with E-state index in [1.54, 1.807) is 12.2 Å². The number of nitrogens with one attached hydrogen (secondary N) is 2. The highest BCUT2D eigenvalue weighted by molar-refractivity contribution is 5.82. The van der Waals surface area contributed by atoms with Gasteiger partial charge in [-0.3, -0.25) is 0 Å². The fourth-order valence-corrected chi connectivity index (χ4v) is 0.878. The van der Waals surface area contributed by atoms with Crippen molar-refractivity contribution in [2.75, 3.05) is 26.7 Å². The Balaban J connectivity index is 4.15. The Kier molecular flexibility index (Phi) is 8.09. The average Bonchev–Trinajstić information content (AvgIpc) is 2.25. The standard InChI is InChI=1S/C11H18N2O2/c1-4-6-12-9-10(13-7-5-2)8-11(14)15-3/h4-5,8,12-13H,1-2,6-7,9H2,3H3. The van der Waals surface area contributed by atoms with Crippen LogP contribution in [0.4, 0.5) is 0 Å². The molecule has 2 N–H and O–H groups in total. The third-order valence-electron chi connectivity index (χ3n) is 1.57. The van der Waals surface area contributed by atoms with Crippen LogP contribution >= 0.6 is 0 Å². The molecule has 4 nitrogen and oxygen atoms in total. The maximum atomic E-state index is 11.0. The van der Waals surface area contributed by atoms with Gasteiger partial charge in [0.25, 0.3) is 0 Å². The van der Waals surface area contributed by atoms with Crippen LogP contribution in [0.5, 0.6) is 0 Å². The van der Waals surface area contributed by atoms with Gasteiger partial charge in [0.05, 0.1) is 7.11 Å². The highest BCUT2D eigenvalue weighted by Gasteiger charge is 1.99. The second-order valence-corrected chi connectivity index (χ2v) is 2.78. The lowest BCUT2D eigenvalue weighted by atomic mass is 10.3. The lowest BCUT2D eigenvalue weighted by Crippen LogP contribution is -2.26. The first-order valence-corrected chi connectivity index (χ1v) is 4.69. The fourth-order valence-electron chi connectivity index (χ4n) is 0.878. The predicted octanol–water partition coefficient (Wildman–Crippen LogP) is 0.595. The SMILES string of the molecule is C=CCNCC(=CC(=O)OC)NCC=C. The summed E-state index contributed by atoms with van der Waals surface area (Å²) in [5.74, 6) is -0.373. The van der Waals surface area contributed by atoms with E-state index in [4.69, 9.17) is 0 Å². The molecule has 0 heterocycles. The monoisotopic (exact) mass is 210 g/mol. The van der Waals surface area contributed by atoms with Gasteiger partial charge in [0.1, 0.15) is 0 Å². The van der Waals surface area contributed by atoms with Crippen molar-refractivity contribution >= 4 is 5.97 Å². The molecule has 0 saturated heterocycles. The summed E-state index contributed by atoms with van der Waals surface area (Å²) in [6.45, 7) is 9.04. The van der Waals surface area contributed by atoms with Gasteiger partial charge in [-0.2, -0.15) is 0 Å². The van der Waals surface area contributed by atoms with Crippen LogP contribution < -0.4 is 10.6 Å². The van der Waals surface area contributed by atoms with Crippen molar-refractivity contribution in [3.63, 3.8) is 0 Å². The molecular formula is C11H18N2O2. The zero-order valence-electron chi connectivity index (χ0n) is 9.08. The second-order valence-electron chi connectivity index (χ2n) is 2.78. The Morgan fingerprint density at radius 1 is 1.33 bits per heavy atom. The number of esters is 1. The molecule has 0 bridgehead atoms. The third kappa shape index (κ3) is 7.52. The number of carbonyl (C=O) groups is 1. The normalized spacial score (nSPS) is 10.6. The van der Waals surface area contributed by atoms with Crippen molar-refractivity contribution in [3.8, 4) is 0 Å². The third-order valence-corrected chi connectivity index (χ3v) is 1.57. The maximum Gasteiger partial charge on any atom is 0.332 e. The van der Waals surface area contributed by atoms with E-state index >= 15 is 0 Å². The summed E-state index contributed by atoms with van der Waals surface area (Å²) in [6.07, 6.45) is 4.89. The Labute approximate surface area is 90.7 Å². The summed E-state index contributed by atoms with van der Waals surface area (Å²) in [4.78, 5) is 11.0. The van der Waals surface area contributed by atoms with Crippen LogP contribution in [0, 0.1) is 0 Å². The first-order chi connectivity index (χ1) is 7.24. The van der Waals surface area contributed by atoms with Crippen LogP contribution in [0.3, 0.4) is 0 Å². The number of methoxy groups -OCH3 is 1. The van der Waals surface area contributed by atoms with Crippen LogP contribution in [0.25, 0.3) is 0 Å². The van der Waals surface area contributed by atoms with Crippen LogP contribution in [0.15, 0.2) is 37.1 Å². The van der Waals surface area contributed by atoms with E-state index in [0.29, 0.717) is 19.6 Å². The van der Waals surface area contributed by atoms with E-state index in [-0.39, 0.29) is 5.97 Å². The molecule has 4 heteroatoms. The molecule has 0 atom stereocenters. The molecule has 0 radical (unpaired) electrons. The smallest absolute Gasteiger partial charge is 0.332 e. The molecule has 0 amide bonds. The molecule has 0 unspecified atom stereocenters. The van der Waals surface area contributed by atoms with Gasteiger partial charge in [-0.05, 0) is 0 Å². The van der Waals surface area contributed by atoms with Gasteiger partial charge in [-0.25, -0.2) is 4.79 Å². The van der Waals surface area contributed by atoms with Gasteiger partial charge in [-0.15, -0.1) is 13.2 Å². The number of rotatable bonds is 8. The zero-order chi connectivity index (χ0) is 11.5. The minimum atomic E-state index is -0.373. The Bertz CT molecular complexity index is 247. The van der Waals surface area contributed by atoms with E-state index in [9.17, 15) is 4.79 Å². The van der Waals surface area contributed by atoms with Crippen LogP contribution in [0.1, 0.15) is 0 Å². The number of hydrogen-bond donors (Lipinski definition) is 2. The first-order valence-electron chi connectivity index (χ1n) is 4.69. The van der Waals surface area contributed by atoms with Gasteiger partial charge >= 0.3 is 5.97 Å². The fraction of sp³-hybridized carbons (Fsp3) is 0.364. The lowest BCUT2D eigenvalue weighted by Gasteiger charge is -2.09. The number of carbonyl (C=O) groups excluding carboxylic acids is 1. The lowest BCUT2D eigenvalue weighted by molar-refractivity contribution is -0.134. The Hall–Kier alpha value is -1.55. The predicted molar refractivity (Wildman–Crippen MR) is 61.4 cm³/mol. The molecule has 0 fully saturated rings. The Morgan fingerprint density at radius 3 is 2.53 bits per heavy atom. The molecule has 84 valence electrons. The number of ether oxygens (including phenoxy) is 1. The van der Waals surface area contributed by atoms with Crippen LogP contribution in [-0.4, -0.2) is 32.7 Å². The molecule has 0 aromatic rings. The molecule has 0 aliphatic heterocycles. The van der Waals surface area contributed by atoms with Crippen molar-refractivity contribution in [1.29, 1.82) is 0 Å². The largest absolute Gasteiger partial charge is 0.466 e. The summed E-state index contributed by atoms with van der Waals surface area (Å²) in [7, 11) is 1.35. The van der Waals surface area contributed by atoms with E-state index in [2.05, 4.69) is 28.5 Å². The molecule has 15 heavy (non-hydrogen) atoms. The van der Waals surface area contributed by atoms with E-state index < -0.39 is 0 Å². The summed E-state index contributed by atoms with van der Waals surface area (Å²) in [5, 5.41) is 6.12. The van der Waals surface area contributed by atoms with Crippen molar-refractivity contribution in [1.82, 2.24) is 10.6 Å². The van der Waals surface area contributed by atoms with Gasteiger partial charge < -0.3 is 15.4 Å². The van der Waals surface area contributed by atoms with Gasteiger partial charge in [-0.1, -0.05) is 12.2 Å². The van der Waals surface area contributed by atoms with Gasteiger partial charge in [0.15, 0.2) is 0 Å². The number of hydrogen-bond acceptors (Lipinski definition) is 4. The zero-order valence-corrected chi connectivity index (χ0v) is 9.08. The second kappa shape index (κ2) is 9.02. The molecular weight excluding hydrogens is 192 g/mol. The molecule has 0 saturated carbocycles.